The molecule has 0 heterocycles. The number of aliphatic hydroxyl groups excluding tert-OH is 1. The molecule has 0 fully saturated rings. The summed E-state index contributed by atoms with van der Waals surface area (Å²) in [5, 5.41) is 10.3. The van der Waals surface area contributed by atoms with Crippen molar-refractivity contribution in [1.82, 2.24) is 4.90 Å². The first kappa shape index (κ1) is 19.7. The van der Waals surface area contributed by atoms with Crippen LogP contribution in [0.25, 0.3) is 0 Å². The molecule has 130 valence electrons. The molecule has 0 radical (unpaired) electrons. The summed E-state index contributed by atoms with van der Waals surface area (Å²) in [6.07, 6.45) is 2.83. The van der Waals surface area contributed by atoms with Crippen molar-refractivity contribution >= 4 is 5.97 Å². The summed E-state index contributed by atoms with van der Waals surface area (Å²) in [7, 11) is 0. The van der Waals surface area contributed by atoms with Crippen LogP contribution in [-0.4, -0.2) is 42.2 Å². The van der Waals surface area contributed by atoms with Crippen molar-refractivity contribution in [3.63, 3.8) is 0 Å². The SMILES string of the molecule is CCCc1ccc(C(O)CCN(CC)CCC(=O)OCC)cc1. The minimum atomic E-state index is -0.456. The van der Waals surface area contributed by atoms with Gasteiger partial charge in [-0.3, -0.25) is 4.79 Å². The number of esters is 1. The van der Waals surface area contributed by atoms with Gasteiger partial charge in [0.05, 0.1) is 19.1 Å². The highest BCUT2D eigenvalue weighted by Gasteiger charge is 2.12. The first-order valence-corrected chi connectivity index (χ1v) is 8.75. The van der Waals surface area contributed by atoms with E-state index in [1.54, 1.807) is 0 Å². The second kappa shape index (κ2) is 11.2. The van der Waals surface area contributed by atoms with E-state index >= 15 is 0 Å². The first-order valence-electron chi connectivity index (χ1n) is 8.75. The number of aliphatic hydroxyl groups is 1. The van der Waals surface area contributed by atoms with Gasteiger partial charge in [0, 0.05) is 13.1 Å². The van der Waals surface area contributed by atoms with E-state index in [1.165, 1.54) is 5.56 Å². The Balaban J connectivity index is 2.40. The van der Waals surface area contributed by atoms with E-state index in [1.807, 2.05) is 19.1 Å². The Morgan fingerprint density at radius 3 is 2.43 bits per heavy atom. The van der Waals surface area contributed by atoms with Crippen LogP contribution in [0.1, 0.15) is 57.3 Å². The zero-order valence-corrected chi connectivity index (χ0v) is 14.8. The van der Waals surface area contributed by atoms with E-state index in [0.29, 0.717) is 26.0 Å². The number of carbonyl (C=O) groups is 1. The number of nitrogens with zero attached hydrogens (tertiary/aromatic N) is 1. The number of hydrogen-bond acceptors (Lipinski definition) is 4. The second-order valence-corrected chi connectivity index (χ2v) is 5.79. The Kier molecular flexibility index (Phi) is 9.57. The molecule has 1 N–H and O–H groups in total. The van der Waals surface area contributed by atoms with Gasteiger partial charge in [0.2, 0.25) is 0 Å². The van der Waals surface area contributed by atoms with Crippen LogP contribution in [0, 0.1) is 0 Å². The van der Waals surface area contributed by atoms with Gasteiger partial charge in [-0.15, -0.1) is 0 Å². The Bertz CT molecular complexity index is 444. The largest absolute Gasteiger partial charge is 0.466 e. The fourth-order valence-electron chi connectivity index (χ4n) is 2.58. The summed E-state index contributed by atoms with van der Waals surface area (Å²) in [6.45, 7) is 8.79. The third kappa shape index (κ3) is 7.62. The van der Waals surface area contributed by atoms with E-state index in [9.17, 15) is 9.90 Å². The molecule has 0 aliphatic rings. The molecule has 4 nitrogen and oxygen atoms in total. The lowest BCUT2D eigenvalue weighted by Crippen LogP contribution is -2.28. The van der Waals surface area contributed by atoms with Crippen molar-refractivity contribution in [3.8, 4) is 0 Å². The second-order valence-electron chi connectivity index (χ2n) is 5.79. The predicted octanol–water partition coefficient (Wildman–Crippen LogP) is 3.34. The Labute approximate surface area is 140 Å². The van der Waals surface area contributed by atoms with Crippen LogP contribution >= 0.6 is 0 Å². The molecule has 1 aromatic carbocycles. The number of hydrogen-bond donors (Lipinski definition) is 1. The molecular weight excluding hydrogens is 290 g/mol. The maximum atomic E-state index is 11.4. The number of carbonyl (C=O) groups excluding carboxylic acids is 1. The van der Waals surface area contributed by atoms with Crippen LogP contribution in [0.2, 0.25) is 0 Å². The highest BCUT2D eigenvalue weighted by Crippen LogP contribution is 2.18. The van der Waals surface area contributed by atoms with E-state index in [4.69, 9.17) is 4.74 Å². The molecule has 23 heavy (non-hydrogen) atoms. The standard InChI is InChI=1S/C19H31NO3/c1-4-7-16-8-10-17(11-9-16)18(21)12-14-20(5-2)15-13-19(22)23-6-3/h8-11,18,21H,4-7,12-15H2,1-3H3. The molecular formula is C19H31NO3. The van der Waals surface area contributed by atoms with Crippen molar-refractivity contribution in [1.29, 1.82) is 0 Å². The summed E-state index contributed by atoms with van der Waals surface area (Å²) in [5.41, 5.74) is 2.28. The quantitative estimate of drug-likeness (QED) is 0.635. The van der Waals surface area contributed by atoms with Gasteiger partial charge in [0.25, 0.3) is 0 Å². The van der Waals surface area contributed by atoms with Crippen molar-refractivity contribution in [2.24, 2.45) is 0 Å². The van der Waals surface area contributed by atoms with Gasteiger partial charge < -0.3 is 14.7 Å². The van der Waals surface area contributed by atoms with E-state index in [-0.39, 0.29) is 5.97 Å². The maximum Gasteiger partial charge on any atom is 0.307 e. The third-order valence-corrected chi connectivity index (χ3v) is 4.01. The smallest absolute Gasteiger partial charge is 0.307 e. The summed E-state index contributed by atoms with van der Waals surface area (Å²) in [5.74, 6) is -0.155. The molecule has 0 saturated carbocycles. The average Bonchev–Trinajstić information content (AvgIpc) is 2.56. The lowest BCUT2D eigenvalue weighted by Gasteiger charge is -2.21. The summed E-state index contributed by atoms with van der Waals surface area (Å²) < 4.78 is 4.95. The lowest BCUT2D eigenvalue weighted by molar-refractivity contribution is -0.143. The summed E-state index contributed by atoms with van der Waals surface area (Å²) >= 11 is 0. The van der Waals surface area contributed by atoms with Crippen molar-refractivity contribution in [2.75, 3.05) is 26.2 Å². The minimum absolute atomic E-state index is 0.155. The van der Waals surface area contributed by atoms with Crippen LogP contribution in [-0.2, 0) is 16.0 Å². The van der Waals surface area contributed by atoms with Crippen LogP contribution in [0.3, 0.4) is 0 Å². The highest BCUT2D eigenvalue weighted by molar-refractivity contribution is 5.69. The van der Waals surface area contributed by atoms with Crippen LogP contribution < -0.4 is 0 Å². The van der Waals surface area contributed by atoms with Gasteiger partial charge in [-0.05, 0) is 37.4 Å². The van der Waals surface area contributed by atoms with E-state index in [2.05, 4.69) is 30.9 Å². The van der Waals surface area contributed by atoms with Gasteiger partial charge in [0.1, 0.15) is 0 Å². The number of rotatable bonds is 11. The highest BCUT2D eigenvalue weighted by atomic mass is 16.5. The molecule has 0 aliphatic heterocycles. The minimum Gasteiger partial charge on any atom is -0.466 e. The molecule has 1 unspecified atom stereocenters. The van der Waals surface area contributed by atoms with Gasteiger partial charge >= 0.3 is 5.97 Å². The van der Waals surface area contributed by atoms with Gasteiger partial charge in [-0.25, -0.2) is 0 Å². The fraction of sp³-hybridized carbons (Fsp3) is 0.632. The molecule has 1 aromatic rings. The molecule has 0 aromatic heterocycles. The zero-order chi connectivity index (χ0) is 17.1. The van der Waals surface area contributed by atoms with Gasteiger partial charge in [-0.1, -0.05) is 44.5 Å². The topological polar surface area (TPSA) is 49.8 Å². The van der Waals surface area contributed by atoms with Crippen molar-refractivity contribution in [3.05, 3.63) is 35.4 Å². The molecule has 0 bridgehead atoms. The number of ether oxygens (including phenoxy) is 1. The molecule has 4 heteroatoms. The van der Waals surface area contributed by atoms with Crippen LogP contribution in [0.4, 0.5) is 0 Å². The lowest BCUT2D eigenvalue weighted by atomic mass is 10.0. The fourth-order valence-corrected chi connectivity index (χ4v) is 2.58. The molecule has 1 rings (SSSR count). The number of benzene rings is 1. The van der Waals surface area contributed by atoms with E-state index in [0.717, 1.165) is 31.5 Å². The first-order chi connectivity index (χ1) is 11.1. The Morgan fingerprint density at radius 2 is 1.87 bits per heavy atom. The van der Waals surface area contributed by atoms with Crippen molar-refractivity contribution < 1.29 is 14.6 Å². The third-order valence-electron chi connectivity index (χ3n) is 4.01. The molecule has 0 amide bonds. The molecule has 1 atom stereocenters. The van der Waals surface area contributed by atoms with Crippen LogP contribution in [0.15, 0.2) is 24.3 Å². The number of aryl methyl sites for hydroxylation is 1. The zero-order valence-electron chi connectivity index (χ0n) is 14.8. The Morgan fingerprint density at radius 1 is 1.17 bits per heavy atom. The average molecular weight is 321 g/mol. The molecule has 0 spiro atoms. The van der Waals surface area contributed by atoms with Gasteiger partial charge in [0.15, 0.2) is 0 Å². The normalized spacial score (nSPS) is 12.4. The summed E-state index contributed by atoms with van der Waals surface area (Å²) in [6, 6.07) is 8.23. The van der Waals surface area contributed by atoms with Gasteiger partial charge in [-0.2, -0.15) is 0 Å². The monoisotopic (exact) mass is 321 g/mol. The maximum absolute atomic E-state index is 11.4. The van der Waals surface area contributed by atoms with Crippen molar-refractivity contribution in [2.45, 2.75) is 52.6 Å². The molecule has 0 saturated heterocycles. The van der Waals surface area contributed by atoms with E-state index < -0.39 is 6.10 Å². The Hall–Kier alpha value is -1.39. The molecule has 0 aliphatic carbocycles. The predicted molar refractivity (Wildman–Crippen MR) is 93.4 cm³/mol. The van der Waals surface area contributed by atoms with Crippen LogP contribution in [0.5, 0.6) is 0 Å². The summed E-state index contributed by atoms with van der Waals surface area (Å²) in [4.78, 5) is 13.6.